The number of carbonyl (C=O) groups is 1. The van der Waals surface area contributed by atoms with E-state index in [-0.39, 0.29) is 18.0 Å². The Morgan fingerprint density at radius 1 is 0.821 bits per heavy atom. The molecule has 2 unspecified atom stereocenters. The number of rotatable bonds is 11. The number of hydrogen-bond donors (Lipinski definition) is 0. The molecular weight excluding hydrogens is 344 g/mol. The predicted octanol–water partition coefficient (Wildman–Crippen LogP) is 7.52. The van der Waals surface area contributed by atoms with Gasteiger partial charge in [-0.25, -0.2) is 0 Å². The monoisotopic (exact) mass is 380 g/mol. The molecule has 2 heteroatoms. The zero-order valence-corrected chi connectivity index (χ0v) is 18.0. The normalized spacial score (nSPS) is 13.1. The average molecular weight is 381 g/mol. The van der Waals surface area contributed by atoms with Crippen LogP contribution in [0.25, 0.3) is 11.1 Å². The van der Waals surface area contributed by atoms with Crippen LogP contribution in [0.1, 0.15) is 83.5 Å². The smallest absolute Gasteiger partial charge is 0.309 e. The summed E-state index contributed by atoms with van der Waals surface area (Å²) in [6.07, 6.45) is 8.37. The molecule has 0 N–H and O–H groups in total. The van der Waals surface area contributed by atoms with Crippen LogP contribution < -0.4 is 0 Å². The van der Waals surface area contributed by atoms with Crippen molar-refractivity contribution in [2.24, 2.45) is 5.92 Å². The number of unbranched alkanes of at least 4 members (excludes halogenated alkanes) is 4. The lowest BCUT2D eigenvalue weighted by molar-refractivity contribution is -0.153. The van der Waals surface area contributed by atoms with E-state index >= 15 is 0 Å². The van der Waals surface area contributed by atoms with Crippen LogP contribution in [0.3, 0.4) is 0 Å². The molecule has 2 aromatic rings. The van der Waals surface area contributed by atoms with E-state index in [9.17, 15) is 4.79 Å². The molecule has 0 aliphatic rings. The van der Waals surface area contributed by atoms with Crippen LogP contribution in [0.4, 0.5) is 0 Å². The Morgan fingerprint density at radius 2 is 1.39 bits per heavy atom. The molecule has 2 atom stereocenters. The van der Waals surface area contributed by atoms with Crippen molar-refractivity contribution in [1.29, 1.82) is 0 Å². The first kappa shape index (κ1) is 22.2. The fraction of sp³-hybridized carbons (Fsp3) is 0.500. The first-order valence-corrected chi connectivity index (χ1v) is 10.9. The number of aryl methyl sites for hydroxylation is 1. The Kier molecular flexibility index (Phi) is 9.27. The van der Waals surface area contributed by atoms with Crippen LogP contribution in [-0.4, -0.2) is 5.97 Å². The van der Waals surface area contributed by atoms with Crippen LogP contribution in [0.2, 0.25) is 0 Å². The van der Waals surface area contributed by atoms with Gasteiger partial charge in [-0.2, -0.15) is 0 Å². The summed E-state index contributed by atoms with van der Waals surface area (Å²) >= 11 is 0. The zero-order chi connectivity index (χ0) is 20.4. The molecule has 0 aliphatic heterocycles. The third-order valence-corrected chi connectivity index (χ3v) is 5.54. The largest absolute Gasteiger partial charge is 0.458 e. The first-order valence-electron chi connectivity index (χ1n) is 10.9. The average Bonchev–Trinajstić information content (AvgIpc) is 2.73. The predicted molar refractivity (Wildman–Crippen MR) is 118 cm³/mol. The van der Waals surface area contributed by atoms with Crippen molar-refractivity contribution in [2.75, 3.05) is 0 Å². The number of ether oxygens (including phenoxy) is 1. The summed E-state index contributed by atoms with van der Waals surface area (Å²) in [6, 6.07) is 17.3. The number of hydrogen-bond acceptors (Lipinski definition) is 2. The topological polar surface area (TPSA) is 26.3 Å². The van der Waals surface area contributed by atoms with Gasteiger partial charge in [0.2, 0.25) is 0 Å². The molecule has 0 saturated heterocycles. The highest BCUT2D eigenvalue weighted by atomic mass is 16.5. The molecule has 2 aromatic carbocycles. The SMILES string of the molecule is CCCCCCCc1ccc(-c2ccc(C(C)OC(=O)C(C)CC)cc2)cc1. The fourth-order valence-electron chi connectivity index (χ4n) is 3.27. The molecular formula is C26H36O2. The maximum atomic E-state index is 12.0. The minimum absolute atomic E-state index is 0.0492. The fourth-order valence-corrected chi connectivity index (χ4v) is 3.27. The van der Waals surface area contributed by atoms with Crippen molar-refractivity contribution in [1.82, 2.24) is 0 Å². The molecule has 2 rings (SSSR count). The molecule has 0 radical (unpaired) electrons. The van der Waals surface area contributed by atoms with Crippen molar-refractivity contribution >= 4 is 5.97 Å². The Hall–Kier alpha value is -2.09. The summed E-state index contributed by atoms with van der Waals surface area (Å²) in [5.41, 5.74) is 4.87. The van der Waals surface area contributed by atoms with Gasteiger partial charge in [0.25, 0.3) is 0 Å². The number of esters is 1. The van der Waals surface area contributed by atoms with E-state index in [4.69, 9.17) is 4.74 Å². The second-order valence-corrected chi connectivity index (χ2v) is 7.87. The first-order chi connectivity index (χ1) is 13.5. The van der Waals surface area contributed by atoms with Crippen molar-refractivity contribution in [3.05, 3.63) is 59.7 Å². The summed E-state index contributed by atoms with van der Waals surface area (Å²) in [6.45, 7) is 8.10. The van der Waals surface area contributed by atoms with Gasteiger partial charge in [0, 0.05) is 0 Å². The van der Waals surface area contributed by atoms with Crippen molar-refractivity contribution in [3.63, 3.8) is 0 Å². The van der Waals surface area contributed by atoms with Crippen molar-refractivity contribution < 1.29 is 9.53 Å². The van der Waals surface area contributed by atoms with Crippen molar-refractivity contribution in [3.8, 4) is 11.1 Å². The van der Waals surface area contributed by atoms with Crippen LogP contribution in [-0.2, 0) is 16.0 Å². The minimum Gasteiger partial charge on any atom is -0.458 e. The Bertz CT molecular complexity index is 700. The maximum absolute atomic E-state index is 12.0. The zero-order valence-electron chi connectivity index (χ0n) is 18.0. The van der Waals surface area contributed by atoms with Crippen LogP contribution in [0, 0.1) is 5.92 Å². The summed E-state index contributed by atoms with van der Waals surface area (Å²) < 4.78 is 5.57. The van der Waals surface area contributed by atoms with Gasteiger partial charge in [0.05, 0.1) is 5.92 Å². The maximum Gasteiger partial charge on any atom is 0.309 e. The lowest BCUT2D eigenvalue weighted by Crippen LogP contribution is -2.16. The molecule has 0 bridgehead atoms. The second kappa shape index (κ2) is 11.7. The van der Waals surface area contributed by atoms with Gasteiger partial charge in [-0.15, -0.1) is 0 Å². The summed E-state index contributed by atoms with van der Waals surface area (Å²) in [4.78, 5) is 12.0. The van der Waals surface area contributed by atoms with Gasteiger partial charge in [-0.3, -0.25) is 4.79 Å². The second-order valence-electron chi connectivity index (χ2n) is 7.87. The minimum atomic E-state index is -0.217. The van der Waals surface area contributed by atoms with E-state index in [1.165, 1.54) is 55.2 Å². The quantitative estimate of drug-likeness (QED) is 0.298. The van der Waals surface area contributed by atoms with E-state index in [0.717, 1.165) is 12.0 Å². The van der Waals surface area contributed by atoms with Gasteiger partial charge in [0.15, 0.2) is 0 Å². The van der Waals surface area contributed by atoms with E-state index in [1.807, 2.05) is 20.8 Å². The lowest BCUT2D eigenvalue weighted by atomic mass is 9.99. The van der Waals surface area contributed by atoms with Gasteiger partial charge in [-0.05, 0) is 48.4 Å². The Labute approximate surface area is 171 Å². The van der Waals surface area contributed by atoms with Crippen LogP contribution in [0.5, 0.6) is 0 Å². The summed E-state index contributed by atoms with van der Waals surface area (Å²) in [5, 5.41) is 0. The molecule has 0 aliphatic carbocycles. The molecule has 152 valence electrons. The van der Waals surface area contributed by atoms with E-state index < -0.39 is 0 Å². The molecule has 0 saturated carbocycles. The Morgan fingerprint density at radius 3 is 1.96 bits per heavy atom. The molecule has 0 aromatic heterocycles. The van der Waals surface area contributed by atoms with Gasteiger partial charge in [-0.1, -0.05) is 95.0 Å². The number of benzene rings is 2. The Balaban J connectivity index is 1.91. The molecule has 0 amide bonds. The highest BCUT2D eigenvalue weighted by Gasteiger charge is 2.16. The van der Waals surface area contributed by atoms with Crippen LogP contribution >= 0.6 is 0 Å². The molecule has 0 spiro atoms. The highest BCUT2D eigenvalue weighted by molar-refractivity contribution is 5.72. The third kappa shape index (κ3) is 6.82. The van der Waals surface area contributed by atoms with Crippen molar-refractivity contribution in [2.45, 2.75) is 78.7 Å². The van der Waals surface area contributed by atoms with Gasteiger partial charge < -0.3 is 4.74 Å². The standard InChI is InChI=1S/C26H36O2/c1-5-7-8-9-10-11-22-12-14-24(15-13-22)25-18-16-23(17-19-25)21(4)28-26(27)20(3)6-2/h12-21H,5-11H2,1-4H3. The highest BCUT2D eigenvalue weighted by Crippen LogP contribution is 2.25. The third-order valence-electron chi connectivity index (χ3n) is 5.54. The van der Waals surface area contributed by atoms with Crippen LogP contribution in [0.15, 0.2) is 48.5 Å². The summed E-state index contributed by atoms with van der Waals surface area (Å²) in [5.74, 6) is -0.170. The number of carbonyl (C=O) groups excluding carboxylic acids is 1. The summed E-state index contributed by atoms with van der Waals surface area (Å²) in [7, 11) is 0. The molecule has 0 fully saturated rings. The van der Waals surface area contributed by atoms with E-state index in [1.54, 1.807) is 0 Å². The van der Waals surface area contributed by atoms with Gasteiger partial charge in [0.1, 0.15) is 6.10 Å². The lowest BCUT2D eigenvalue weighted by Gasteiger charge is -2.16. The molecule has 0 heterocycles. The molecule has 2 nitrogen and oxygen atoms in total. The van der Waals surface area contributed by atoms with E-state index in [2.05, 4.69) is 55.5 Å². The van der Waals surface area contributed by atoms with Gasteiger partial charge >= 0.3 is 5.97 Å². The van der Waals surface area contributed by atoms with E-state index in [0.29, 0.717) is 0 Å². The molecule has 28 heavy (non-hydrogen) atoms.